The second kappa shape index (κ2) is 7.16. The number of carbonyl (C=O) groups is 1. The predicted octanol–water partition coefficient (Wildman–Crippen LogP) is 4.23. The number of H-pyrrole nitrogens is 1. The number of carbonyl (C=O) groups excluding carboxylic acids is 1. The van der Waals surface area contributed by atoms with E-state index in [-0.39, 0.29) is 11.7 Å². The van der Waals surface area contributed by atoms with Crippen molar-refractivity contribution in [1.82, 2.24) is 15.2 Å². The first-order chi connectivity index (χ1) is 11.1. The Hall–Kier alpha value is -1.83. The molecule has 8 heteroatoms. The third-order valence-electron chi connectivity index (χ3n) is 3.01. The summed E-state index contributed by atoms with van der Waals surface area (Å²) in [7, 11) is 0. The molecule has 0 radical (unpaired) electrons. The van der Waals surface area contributed by atoms with Gasteiger partial charge in [-0.1, -0.05) is 35.5 Å². The van der Waals surface area contributed by atoms with Crippen molar-refractivity contribution >= 4 is 46.3 Å². The van der Waals surface area contributed by atoms with Gasteiger partial charge in [-0.2, -0.15) is 0 Å². The van der Waals surface area contributed by atoms with Crippen LogP contribution in [-0.4, -0.2) is 26.8 Å². The fourth-order valence-corrected chi connectivity index (χ4v) is 3.27. The highest BCUT2D eigenvalue weighted by Crippen LogP contribution is 2.24. The molecule has 3 aromatic rings. The van der Waals surface area contributed by atoms with Crippen molar-refractivity contribution in [2.45, 2.75) is 12.1 Å². The Morgan fingerprint density at radius 3 is 3.04 bits per heavy atom. The number of anilines is 1. The number of benzene rings is 1. The molecular formula is C15H13ClN4OS2. The van der Waals surface area contributed by atoms with E-state index in [2.05, 4.69) is 20.5 Å². The molecular weight excluding hydrogens is 352 g/mol. The lowest BCUT2D eigenvalue weighted by Gasteiger charge is -2.05. The second-order valence-corrected chi connectivity index (χ2v) is 7.04. The van der Waals surface area contributed by atoms with Crippen LogP contribution in [0.3, 0.4) is 0 Å². The van der Waals surface area contributed by atoms with Crippen LogP contribution in [0, 0.1) is 6.92 Å². The summed E-state index contributed by atoms with van der Waals surface area (Å²) in [6.45, 7) is 1.91. The van der Waals surface area contributed by atoms with Crippen LogP contribution in [0.15, 0.2) is 40.9 Å². The number of aromatic nitrogens is 3. The van der Waals surface area contributed by atoms with Crippen molar-refractivity contribution in [3.8, 4) is 10.7 Å². The number of aromatic amines is 1. The molecule has 0 unspecified atom stereocenters. The lowest BCUT2D eigenvalue weighted by Crippen LogP contribution is -2.14. The molecule has 5 nitrogen and oxygen atoms in total. The first-order valence-electron chi connectivity index (χ1n) is 6.77. The van der Waals surface area contributed by atoms with Gasteiger partial charge in [0, 0.05) is 10.7 Å². The van der Waals surface area contributed by atoms with Crippen LogP contribution >= 0.6 is 34.7 Å². The maximum atomic E-state index is 12.0. The molecule has 0 fully saturated rings. The summed E-state index contributed by atoms with van der Waals surface area (Å²) < 4.78 is 0. The Kier molecular flexibility index (Phi) is 5.00. The quantitative estimate of drug-likeness (QED) is 0.665. The van der Waals surface area contributed by atoms with Crippen molar-refractivity contribution < 1.29 is 4.79 Å². The van der Waals surface area contributed by atoms with E-state index in [0.29, 0.717) is 21.7 Å². The van der Waals surface area contributed by atoms with E-state index < -0.39 is 0 Å². The Morgan fingerprint density at radius 2 is 2.30 bits per heavy atom. The Balaban J connectivity index is 1.55. The number of rotatable bonds is 5. The predicted molar refractivity (Wildman–Crippen MR) is 95.2 cm³/mol. The number of aryl methyl sites for hydroxylation is 1. The number of thiophene rings is 1. The Morgan fingerprint density at radius 1 is 1.43 bits per heavy atom. The molecule has 0 aliphatic rings. The smallest absolute Gasteiger partial charge is 0.234 e. The molecule has 1 aromatic carbocycles. The zero-order valence-corrected chi connectivity index (χ0v) is 14.6. The second-order valence-electron chi connectivity index (χ2n) is 4.74. The van der Waals surface area contributed by atoms with Gasteiger partial charge >= 0.3 is 0 Å². The Bertz CT molecular complexity index is 817. The topological polar surface area (TPSA) is 70.7 Å². The van der Waals surface area contributed by atoms with Gasteiger partial charge in [0.25, 0.3) is 0 Å². The van der Waals surface area contributed by atoms with Gasteiger partial charge in [0.05, 0.1) is 10.6 Å². The molecule has 23 heavy (non-hydrogen) atoms. The number of amides is 1. The van der Waals surface area contributed by atoms with Crippen LogP contribution in [-0.2, 0) is 4.79 Å². The maximum Gasteiger partial charge on any atom is 0.234 e. The molecule has 0 bridgehead atoms. The minimum Gasteiger partial charge on any atom is -0.325 e. The van der Waals surface area contributed by atoms with E-state index >= 15 is 0 Å². The molecule has 0 aliphatic heterocycles. The monoisotopic (exact) mass is 364 g/mol. The normalized spacial score (nSPS) is 10.7. The largest absolute Gasteiger partial charge is 0.325 e. The molecule has 0 saturated heterocycles. The van der Waals surface area contributed by atoms with E-state index in [9.17, 15) is 4.79 Å². The van der Waals surface area contributed by atoms with Gasteiger partial charge in [0.1, 0.15) is 0 Å². The molecule has 0 saturated carbocycles. The zero-order valence-electron chi connectivity index (χ0n) is 12.2. The van der Waals surface area contributed by atoms with E-state index in [1.165, 1.54) is 11.8 Å². The number of nitrogens with one attached hydrogen (secondary N) is 2. The van der Waals surface area contributed by atoms with Crippen LogP contribution in [0.1, 0.15) is 5.56 Å². The van der Waals surface area contributed by atoms with Gasteiger partial charge in [0.15, 0.2) is 5.82 Å². The molecule has 0 spiro atoms. The lowest BCUT2D eigenvalue weighted by atomic mass is 10.2. The summed E-state index contributed by atoms with van der Waals surface area (Å²) >= 11 is 8.90. The van der Waals surface area contributed by atoms with Crippen molar-refractivity contribution in [2.75, 3.05) is 11.1 Å². The number of nitrogens with zero attached hydrogens (tertiary/aromatic N) is 2. The van der Waals surface area contributed by atoms with Gasteiger partial charge in [0.2, 0.25) is 11.1 Å². The first-order valence-corrected chi connectivity index (χ1v) is 9.01. The van der Waals surface area contributed by atoms with Crippen molar-refractivity contribution in [2.24, 2.45) is 0 Å². The van der Waals surface area contributed by atoms with Gasteiger partial charge in [-0.05, 0) is 36.1 Å². The third kappa shape index (κ3) is 4.13. The average molecular weight is 365 g/mol. The molecule has 2 N–H and O–H groups in total. The van der Waals surface area contributed by atoms with Crippen LogP contribution < -0.4 is 5.32 Å². The highest BCUT2D eigenvalue weighted by Gasteiger charge is 2.10. The molecule has 0 atom stereocenters. The van der Waals surface area contributed by atoms with Crippen LogP contribution in [0.25, 0.3) is 10.7 Å². The third-order valence-corrected chi connectivity index (χ3v) is 5.14. The lowest BCUT2D eigenvalue weighted by molar-refractivity contribution is -0.113. The van der Waals surface area contributed by atoms with E-state index in [0.717, 1.165) is 10.4 Å². The fraction of sp³-hybridized carbons (Fsp3) is 0.133. The minimum atomic E-state index is -0.127. The zero-order chi connectivity index (χ0) is 16.2. The summed E-state index contributed by atoms with van der Waals surface area (Å²) in [5.41, 5.74) is 1.65. The first kappa shape index (κ1) is 16.0. The summed E-state index contributed by atoms with van der Waals surface area (Å²) in [6, 6.07) is 9.35. The number of halogens is 1. The molecule has 2 aromatic heterocycles. The van der Waals surface area contributed by atoms with Crippen LogP contribution in [0.2, 0.25) is 5.02 Å². The van der Waals surface area contributed by atoms with Crippen molar-refractivity contribution in [3.63, 3.8) is 0 Å². The van der Waals surface area contributed by atoms with E-state index in [4.69, 9.17) is 11.6 Å². The van der Waals surface area contributed by atoms with E-state index in [1.54, 1.807) is 17.4 Å². The average Bonchev–Trinajstić information content (AvgIpc) is 3.19. The SMILES string of the molecule is Cc1ccc(NC(=O)CSc2n[nH]c(-c3cccs3)n2)cc1Cl. The summed E-state index contributed by atoms with van der Waals surface area (Å²) in [6.07, 6.45) is 0. The Labute approximate surface area is 146 Å². The van der Waals surface area contributed by atoms with Crippen LogP contribution in [0.5, 0.6) is 0 Å². The highest BCUT2D eigenvalue weighted by molar-refractivity contribution is 7.99. The van der Waals surface area contributed by atoms with Crippen LogP contribution in [0.4, 0.5) is 5.69 Å². The van der Waals surface area contributed by atoms with Gasteiger partial charge in [-0.25, -0.2) is 4.98 Å². The summed E-state index contributed by atoms with van der Waals surface area (Å²) in [5.74, 6) is 0.818. The van der Waals surface area contributed by atoms with Crippen molar-refractivity contribution in [3.05, 3.63) is 46.3 Å². The molecule has 0 aliphatic carbocycles. The highest BCUT2D eigenvalue weighted by atomic mass is 35.5. The maximum absolute atomic E-state index is 12.0. The number of hydrogen-bond donors (Lipinski definition) is 2. The molecule has 118 valence electrons. The summed E-state index contributed by atoms with van der Waals surface area (Å²) in [4.78, 5) is 17.4. The molecule has 2 heterocycles. The minimum absolute atomic E-state index is 0.127. The van der Waals surface area contributed by atoms with Gasteiger partial charge < -0.3 is 5.32 Å². The van der Waals surface area contributed by atoms with Gasteiger partial charge in [-0.15, -0.1) is 16.4 Å². The van der Waals surface area contributed by atoms with Gasteiger partial charge in [-0.3, -0.25) is 9.89 Å². The summed E-state index contributed by atoms with van der Waals surface area (Å²) in [5, 5.41) is 12.9. The standard InChI is InChI=1S/C15H13ClN4OS2/c1-9-4-5-10(7-11(9)16)17-13(21)8-23-15-18-14(19-20-15)12-3-2-6-22-12/h2-7H,8H2,1H3,(H,17,21)(H,18,19,20). The fourth-order valence-electron chi connectivity index (χ4n) is 1.83. The number of thioether (sulfide) groups is 1. The number of hydrogen-bond acceptors (Lipinski definition) is 5. The van der Waals surface area contributed by atoms with Crippen molar-refractivity contribution in [1.29, 1.82) is 0 Å². The molecule has 3 rings (SSSR count). The molecule has 1 amide bonds. The van der Waals surface area contributed by atoms with E-state index in [1.807, 2.05) is 36.6 Å².